The van der Waals surface area contributed by atoms with Crippen LogP contribution in [0.3, 0.4) is 0 Å². The molecule has 1 saturated heterocycles. The van der Waals surface area contributed by atoms with Crippen molar-refractivity contribution in [2.24, 2.45) is 5.92 Å². The first kappa shape index (κ1) is 10.5. The number of rotatable bonds is 1. The van der Waals surface area contributed by atoms with Gasteiger partial charge in [0.25, 0.3) is 0 Å². The zero-order valence-electron chi connectivity index (χ0n) is 8.90. The molecule has 0 atom stereocenters. The molecule has 2 heterocycles. The molecule has 0 aliphatic carbocycles. The third-order valence-corrected chi connectivity index (χ3v) is 3.61. The molecule has 0 unspecified atom stereocenters. The lowest BCUT2D eigenvalue weighted by atomic mass is 10.00. The molecule has 1 aliphatic rings. The summed E-state index contributed by atoms with van der Waals surface area (Å²) in [4.78, 5) is 13.7. The van der Waals surface area contributed by atoms with E-state index in [2.05, 4.69) is 12.2 Å². The summed E-state index contributed by atoms with van der Waals surface area (Å²) in [6, 6.07) is 3.91. The summed E-state index contributed by atoms with van der Waals surface area (Å²) < 4.78 is 0. The van der Waals surface area contributed by atoms with Crippen molar-refractivity contribution in [3.8, 4) is 0 Å². The monoisotopic (exact) mass is 224 g/mol. The van der Waals surface area contributed by atoms with Gasteiger partial charge in [-0.25, -0.2) is 4.79 Å². The second kappa shape index (κ2) is 4.66. The van der Waals surface area contributed by atoms with Gasteiger partial charge in [-0.1, -0.05) is 6.92 Å². The first-order chi connectivity index (χ1) is 7.25. The van der Waals surface area contributed by atoms with Crippen LogP contribution in [0.4, 0.5) is 9.80 Å². The number of piperidine rings is 1. The Kier molecular flexibility index (Phi) is 3.26. The van der Waals surface area contributed by atoms with Gasteiger partial charge in [0.1, 0.15) is 0 Å². The summed E-state index contributed by atoms with van der Waals surface area (Å²) in [5.74, 6) is 0.760. The molecule has 2 rings (SSSR count). The van der Waals surface area contributed by atoms with Gasteiger partial charge in [-0.15, -0.1) is 11.3 Å². The topological polar surface area (TPSA) is 32.3 Å². The highest BCUT2D eigenvalue weighted by Gasteiger charge is 2.20. The predicted molar refractivity (Wildman–Crippen MR) is 63.3 cm³/mol. The number of nitrogens with zero attached hydrogens (tertiary/aromatic N) is 1. The Hall–Kier alpha value is -1.03. The van der Waals surface area contributed by atoms with Crippen LogP contribution in [0, 0.1) is 5.92 Å². The molecule has 1 aromatic rings. The number of carbonyl (C=O) groups is 1. The van der Waals surface area contributed by atoms with E-state index in [1.165, 1.54) is 0 Å². The van der Waals surface area contributed by atoms with E-state index < -0.39 is 0 Å². The summed E-state index contributed by atoms with van der Waals surface area (Å²) in [5, 5.41) is 5.81. The van der Waals surface area contributed by atoms with Crippen LogP contribution in [0.1, 0.15) is 19.8 Å². The van der Waals surface area contributed by atoms with Gasteiger partial charge < -0.3 is 4.90 Å². The summed E-state index contributed by atoms with van der Waals surface area (Å²) >= 11 is 1.56. The molecule has 0 bridgehead atoms. The van der Waals surface area contributed by atoms with E-state index in [-0.39, 0.29) is 6.03 Å². The molecule has 0 radical (unpaired) electrons. The number of anilines is 1. The Morgan fingerprint density at radius 1 is 1.53 bits per heavy atom. The van der Waals surface area contributed by atoms with Crippen LogP contribution < -0.4 is 5.32 Å². The highest BCUT2D eigenvalue weighted by Crippen LogP contribution is 2.19. The highest BCUT2D eigenvalue weighted by atomic mass is 32.1. The van der Waals surface area contributed by atoms with Crippen LogP contribution in [0.5, 0.6) is 0 Å². The molecule has 2 amide bonds. The molecular formula is C11H16N2OS. The fourth-order valence-electron chi connectivity index (χ4n) is 1.75. The van der Waals surface area contributed by atoms with Crippen molar-refractivity contribution in [2.75, 3.05) is 18.4 Å². The van der Waals surface area contributed by atoms with E-state index >= 15 is 0 Å². The van der Waals surface area contributed by atoms with Gasteiger partial charge in [0, 0.05) is 13.1 Å². The average molecular weight is 224 g/mol. The minimum absolute atomic E-state index is 0.0457. The predicted octanol–water partition coefficient (Wildman–Crippen LogP) is 3.01. The fraction of sp³-hybridized carbons (Fsp3) is 0.545. The second-order valence-electron chi connectivity index (χ2n) is 4.08. The number of likely N-dealkylation sites (tertiary alicyclic amines) is 1. The molecule has 82 valence electrons. The second-order valence-corrected chi connectivity index (χ2v) is 5.02. The number of nitrogens with one attached hydrogen (secondary N) is 1. The van der Waals surface area contributed by atoms with Crippen LogP contribution in [0.2, 0.25) is 0 Å². The van der Waals surface area contributed by atoms with Crippen molar-refractivity contribution in [3.05, 3.63) is 17.5 Å². The Labute approximate surface area is 94.1 Å². The zero-order valence-corrected chi connectivity index (χ0v) is 9.72. The lowest BCUT2D eigenvalue weighted by Gasteiger charge is -2.30. The van der Waals surface area contributed by atoms with Crippen LogP contribution in [-0.2, 0) is 0 Å². The van der Waals surface area contributed by atoms with Crippen molar-refractivity contribution in [3.63, 3.8) is 0 Å². The van der Waals surface area contributed by atoms with Gasteiger partial charge in [-0.3, -0.25) is 5.32 Å². The molecule has 1 fully saturated rings. The van der Waals surface area contributed by atoms with Crippen molar-refractivity contribution >= 4 is 22.4 Å². The van der Waals surface area contributed by atoms with Crippen LogP contribution >= 0.6 is 11.3 Å². The normalized spacial score (nSPS) is 17.8. The van der Waals surface area contributed by atoms with Crippen LogP contribution in [-0.4, -0.2) is 24.0 Å². The van der Waals surface area contributed by atoms with E-state index in [9.17, 15) is 4.79 Å². The SMILES string of the molecule is CC1CCN(C(=O)Nc2cccs2)CC1. The average Bonchev–Trinajstić information content (AvgIpc) is 2.71. The maximum absolute atomic E-state index is 11.8. The number of urea groups is 1. The molecule has 4 heteroatoms. The first-order valence-corrected chi connectivity index (χ1v) is 6.23. The standard InChI is InChI=1S/C11H16N2OS/c1-9-4-6-13(7-5-9)11(14)12-10-3-2-8-15-10/h2-3,8-9H,4-7H2,1H3,(H,12,14). The Balaban J connectivity index is 1.86. The van der Waals surface area contributed by atoms with Gasteiger partial charge >= 0.3 is 6.03 Å². The number of thiophene rings is 1. The van der Waals surface area contributed by atoms with E-state index in [1.807, 2.05) is 22.4 Å². The van der Waals surface area contributed by atoms with Gasteiger partial charge in [-0.05, 0) is 36.3 Å². The van der Waals surface area contributed by atoms with Gasteiger partial charge in [0.05, 0.1) is 5.00 Å². The molecule has 0 spiro atoms. The first-order valence-electron chi connectivity index (χ1n) is 5.35. The maximum Gasteiger partial charge on any atom is 0.322 e. The number of hydrogen-bond acceptors (Lipinski definition) is 2. The largest absolute Gasteiger partial charge is 0.324 e. The molecule has 15 heavy (non-hydrogen) atoms. The summed E-state index contributed by atoms with van der Waals surface area (Å²) in [7, 11) is 0. The maximum atomic E-state index is 11.8. The minimum atomic E-state index is 0.0457. The Morgan fingerprint density at radius 2 is 2.27 bits per heavy atom. The van der Waals surface area contributed by atoms with Crippen molar-refractivity contribution in [1.29, 1.82) is 0 Å². The third kappa shape index (κ3) is 2.72. The van der Waals surface area contributed by atoms with E-state index in [0.29, 0.717) is 0 Å². The quantitative estimate of drug-likeness (QED) is 0.781. The van der Waals surface area contributed by atoms with Crippen LogP contribution in [0.15, 0.2) is 17.5 Å². The Morgan fingerprint density at radius 3 is 2.87 bits per heavy atom. The summed E-state index contributed by atoms with van der Waals surface area (Å²) in [6.07, 6.45) is 2.25. The van der Waals surface area contributed by atoms with Crippen molar-refractivity contribution in [2.45, 2.75) is 19.8 Å². The number of amides is 2. The Bertz CT molecular complexity index is 315. The molecule has 1 aliphatic heterocycles. The lowest BCUT2D eigenvalue weighted by Crippen LogP contribution is -2.40. The third-order valence-electron chi connectivity index (χ3n) is 2.82. The summed E-state index contributed by atoms with van der Waals surface area (Å²) in [5.41, 5.74) is 0. The summed E-state index contributed by atoms with van der Waals surface area (Å²) in [6.45, 7) is 4.02. The minimum Gasteiger partial charge on any atom is -0.324 e. The number of hydrogen-bond donors (Lipinski definition) is 1. The fourth-order valence-corrected chi connectivity index (χ4v) is 2.35. The zero-order chi connectivity index (χ0) is 10.7. The molecule has 3 nitrogen and oxygen atoms in total. The molecule has 1 N–H and O–H groups in total. The molecule has 0 saturated carbocycles. The van der Waals surface area contributed by atoms with E-state index in [4.69, 9.17) is 0 Å². The molecule has 1 aromatic heterocycles. The lowest BCUT2D eigenvalue weighted by molar-refractivity contribution is 0.186. The van der Waals surface area contributed by atoms with Crippen molar-refractivity contribution < 1.29 is 4.79 Å². The van der Waals surface area contributed by atoms with Gasteiger partial charge in [-0.2, -0.15) is 0 Å². The molecular weight excluding hydrogens is 208 g/mol. The van der Waals surface area contributed by atoms with E-state index in [0.717, 1.165) is 36.9 Å². The smallest absolute Gasteiger partial charge is 0.322 e. The highest BCUT2D eigenvalue weighted by molar-refractivity contribution is 7.14. The molecule has 0 aromatic carbocycles. The number of carbonyl (C=O) groups excluding carboxylic acids is 1. The van der Waals surface area contributed by atoms with Gasteiger partial charge in [0.2, 0.25) is 0 Å². The van der Waals surface area contributed by atoms with Gasteiger partial charge in [0.15, 0.2) is 0 Å². The van der Waals surface area contributed by atoms with Crippen LogP contribution in [0.25, 0.3) is 0 Å². The van der Waals surface area contributed by atoms with E-state index in [1.54, 1.807) is 11.3 Å². The van der Waals surface area contributed by atoms with Crippen molar-refractivity contribution in [1.82, 2.24) is 4.90 Å².